The number of fused-ring (bicyclic) bond motifs is 12. The highest BCUT2D eigenvalue weighted by molar-refractivity contribution is 7.03. The fraction of sp³-hybridized carbons (Fsp3) is 0. The van der Waals surface area contributed by atoms with Gasteiger partial charge in [-0.05, 0) is 123 Å². The van der Waals surface area contributed by atoms with E-state index in [1.165, 1.54) is 0 Å². The Balaban J connectivity index is 1.04. The molecule has 9 aromatic carbocycles. The van der Waals surface area contributed by atoms with Crippen LogP contribution in [0.4, 0.5) is 34.1 Å². The molecule has 314 valence electrons. The van der Waals surface area contributed by atoms with Crippen LogP contribution in [-0.4, -0.2) is 20.1 Å². The van der Waals surface area contributed by atoms with Gasteiger partial charge in [-0.1, -0.05) is 84.9 Å². The molecule has 6 aliphatic heterocycles. The first-order valence-electron chi connectivity index (χ1n) is 22.7. The van der Waals surface area contributed by atoms with Gasteiger partial charge in [0, 0.05) is 45.7 Å². The lowest BCUT2D eigenvalue weighted by molar-refractivity contribution is 0.456. The van der Waals surface area contributed by atoms with Gasteiger partial charge in [0.1, 0.15) is 46.0 Å². The Morgan fingerprint density at radius 3 is 1.16 bits per heavy atom. The quantitative estimate of drug-likeness (QED) is 0.172. The van der Waals surface area contributed by atoms with Gasteiger partial charge in [-0.3, -0.25) is 0 Å². The standard InChI is InChI=1S/C57H28B3N5O4/c61-29-32-19-45-55-51(21-32)66-47-17-9-7-15-37(47)58(55)39-25-40-44(27-43(39)64(45)35-11-3-1-4-12-35)65(36-13-5-2-6-14-36)46-20-33(30-62)22-52-56(46)60(40)42-26-41-49(28-50(42)68-52)69-54-24-34(31-63)23-53-57(54)59(41)38-16-8-10-18-48(38)67-53/h1-28H. The molecule has 0 bridgehead atoms. The van der Waals surface area contributed by atoms with Crippen molar-refractivity contribution < 1.29 is 18.9 Å². The molecule has 0 fully saturated rings. The number of rotatable bonds is 2. The predicted octanol–water partition coefficient (Wildman–Crippen LogP) is 6.84. The molecule has 0 N–H and O–H groups in total. The molecule has 15 rings (SSSR count). The zero-order valence-electron chi connectivity index (χ0n) is 36.3. The molecule has 9 nitrogen and oxygen atoms in total. The predicted molar refractivity (Wildman–Crippen MR) is 270 cm³/mol. The van der Waals surface area contributed by atoms with Crippen molar-refractivity contribution in [1.82, 2.24) is 0 Å². The van der Waals surface area contributed by atoms with Gasteiger partial charge in [0.2, 0.25) is 0 Å². The summed E-state index contributed by atoms with van der Waals surface area (Å²) in [6, 6.07) is 64.1. The van der Waals surface area contributed by atoms with Crippen molar-refractivity contribution in [2.45, 2.75) is 0 Å². The van der Waals surface area contributed by atoms with E-state index >= 15 is 0 Å². The number of benzene rings is 9. The van der Waals surface area contributed by atoms with E-state index in [0.29, 0.717) is 51.2 Å². The minimum Gasteiger partial charge on any atom is -0.458 e. The average Bonchev–Trinajstić information content (AvgIpc) is 3.39. The van der Waals surface area contributed by atoms with E-state index in [9.17, 15) is 15.8 Å². The van der Waals surface area contributed by atoms with Crippen LogP contribution in [-0.2, 0) is 0 Å². The molecule has 0 saturated carbocycles. The molecule has 69 heavy (non-hydrogen) atoms. The number of para-hydroxylation sites is 4. The van der Waals surface area contributed by atoms with Crippen LogP contribution in [0.1, 0.15) is 16.7 Å². The first kappa shape index (κ1) is 37.6. The van der Waals surface area contributed by atoms with Gasteiger partial charge >= 0.3 is 0 Å². The number of hydrogen-bond acceptors (Lipinski definition) is 9. The highest BCUT2D eigenvalue weighted by Crippen LogP contribution is 2.47. The highest BCUT2D eigenvalue weighted by Gasteiger charge is 2.49. The minimum absolute atomic E-state index is 0.247. The van der Waals surface area contributed by atoms with Crippen molar-refractivity contribution in [3.05, 3.63) is 187 Å². The summed E-state index contributed by atoms with van der Waals surface area (Å²) < 4.78 is 27.0. The molecular formula is C57H28B3N5O4. The molecule has 0 aromatic heterocycles. The monoisotopic (exact) mass is 879 g/mol. The maximum atomic E-state index is 10.7. The summed E-state index contributed by atoms with van der Waals surface area (Å²) >= 11 is 0. The second kappa shape index (κ2) is 13.7. The number of anilines is 6. The van der Waals surface area contributed by atoms with Crippen molar-refractivity contribution in [2.24, 2.45) is 0 Å². The van der Waals surface area contributed by atoms with Crippen LogP contribution in [0.3, 0.4) is 0 Å². The molecular weight excluding hydrogens is 851 g/mol. The van der Waals surface area contributed by atoms with Gasteiger partial charge in [-0.2, -0.15) is 15.8 Å². The molecule has 0 atom stereocenters. The van der Waals surface area contributed by atoms with Crippen LogP contribution in [0.5, 0.6) is 46.0 Å². The molecule has 6 heterocycles. The van der Waals surface area contributed by atoms with Crippen LogP contribution in [0, 0.1) is 34.0 Å². The number of nitrogens with zero attached hydrogens (tertiary/aromatic N) is 5. The van der Waals surface area contributed by atoms with Crippen molar-refractivity contribution in [3.8, 4) is 64.2 Å². The van der Waals surface area contributed by atoms with Crippen LogP contribution in [0.25, 0.3) is 0 Å². The molecule has 0 amide bonds. The second-order valence-electron chi connectivity index (χ2n) is 18.1. The van der Waals surface area contributed by atoms with Crippen LogP contribution in [0.15, 0.2) is 170 Å². The summed E-state index contributed by atoms with van der Waals surface area (Å²) in [5.41, 5.74) is 15.8. The maximum Gasteiger partial charge on any atom is 0.260 e. The first-order valence-corrected chi connectivity index (χ1v) is 22.7. The van der Waals surface area contributed by atoms with E-state index in [2.05, 4.69) is 88.7 Å². The van der Waals surface area contributed by atoms with Crippen molar-refractivity contribution >= 4 is 103 Å². The zero-order valence-corrected chi connectivity index (χ0v) is 36.3. The number of ether oxygens (including phenoxy) is 4. The molecule has 0 saturated heterocycles. The van der Waals surface area contributed by atoms with Gasteiger partial charge < -0.3 is 28.7 Å². The van der Waals surface area contributed by atoms with Gasteiger partial charge in [-0.25, -0.2) is 0 Å². The van der Waals surface area contributed by atoms with E-state index in [4.69, 9.17) is 18.9 Å². The Kier molecular flexibility index (Phi) is 7.50. The van der Waals surface area contributed by atoms with E-state index < -0.39 is 0 Å². The van der Waals surface area contributed by atoms with E-state index in [1.807, 2.05) is 97.1 Å². The highest BCUT2D eigenvalue weighted by atomic mass is 16.5. The molecule has 0 spiro atoms. The van der Waals surface area contributed by atoms with E-state index in [0.717, 1.165) is 94.8 Å². The van der Waals surface area contributed by atoms with Gasteiger partial charge in [0.05, 0.1) is 34.9 Å². The fourth-order valence-corrected chi connectivity index (χ4v) is 11.8. The summed E-state index contributed by atoms with van der Waals surface area (Å²) in [6.45, 7) is -0.874. The topological polar surface area (TPSA) is 115 Å². The SMILES string of the molecule is N#Cc1cc2c3c(c1)Oc1cc4c(cc1B3c1ccccc1O2)B1c2cc3c(cc2N(c2ccccc2)c2cc(C#N)cc(c21)O4)N(c1ccccc1)c1cc(C#N)cc2c1B3c1ccccc1O2. The average molecular weight is 879 g/mol. The Morgan fingerprint density at radius 1 is 0.304 bits per heavy atom. The summed E-state index contributed by atoms with van der Waals surface area (Å²) in [7, 11) is 0. The maximum absolute atomic E-state index is 10.7. The van der Waals surface area contributed by atoms with Crippen molar-refractivity contribution in [2.75, 3.05) is 9.80 Å². The number of nitriles is 3. The lowest BCUT2D eigenvalue weighted by Crippen LogP contribution is -2.64. The fourth-order valence-electron chi connectivity index (χ4n) is 11.8. The Labute approximate surface area is 397 Å². The smallest absolute Gasteiger partial charge is 0.260 e. The summed E-state index contributed by atoms with van der Waals surface area (Å²) in [5.74, 6) is 5.11. The Morgan fingerprint density at radius 2 is 0.681 bits per heavy atom. The summed E-state index contributed by atoms with van der Waals surface area (Å²) in [5, 5.41) is 31.2. The van der Waals surface area contributed by atoms with Crippen molar-refractivity contribution in [1.29, 1.82) is 15.8 Å². The van der Waals surface area contributed by atoms with Crippen LogP contribution in [0.2, 0.25) is 0 Å². The Bertz CT molecular complexity index is 3960. The molecule has 9 aromatic rings. The summed E-state index contributed by atoms with van der Waals surface area (Å²) in [6.07, 6.45) is 0. The van der Waals surface area contributed by atoms with Crippen LogP contribution < -0.4 is 77.9 Å². The lowest BCUT2D eigenvalue weighted by atomic mass is 9.29. The van der Waals surface area contributed by atoms with E-state index in [1.54, 1.807) is 12.1 Å². The zero-order chi connectivity index (χ0) is 45.6. The number of hydrogen-bond donors (Lipinski definition) is 0. The van der Waals surface area contributed by atoms with E-state index in [-0.39, 0.29) is 20.1 Å². The van der Waals surface area contributed by atoms with Gasteiger partial charge in [0.15, 0.2) is 0 Å². The van der Waals surface area contributed by atoms with Gasteiger partial charge in [0.25, 0.3) is 20.1 Å². The minimum atomic E-state index is -0.365. The lowest BCUT2D eigenvalue weighted by Gasteiger charge is -2.44. The van der Waals surface area contributed by atoms with Gasteiger partial charge in [-0.15, -0.1) is 0 Å². The second-order valence-corrected chi connectivity index (χ2v) is 18.1. The molecule has 0 radical (unpaired) electrons. The molecule has 6 aliphatic rings. The third-order valence-electron chi connectivity index (χ3n) is 14.5. The molecule has 0 aliphatic carbocycles. The van der Waals surface area contributed by atoms with Crippen LogP contribution >= 0.6 is 0 Å². The molecule has 12 heteroatoms. The third-order valence-corrected chi connectivity index (χ3v) is 14.5. The largest absolute Gasteiger partial charge is 0.458 e. The molecule has 0 unspecified atom stereocenters. The first-order chi connectivity index (χ1) is 34.0. The normalized spacial score (nSPS) is 13.8. The third kappa shape index (κ3) is 5.13. The van der Waals surface area contributed by atoms with Crippen molar-refractivity contribution in [3.63, 3.8) is 0 Å². The summed E-state index contributed by atoms with van der Waals surface area (Å²) in [4.78, 5) is 4.53. The Hall–Kier alpha value is -9.56.